The average Bonchev–Trinajstić information content (AvgIpc) is 2.03. The van der Waals surface area contributed by atoms with Crippen LogP contribution in [0.1, 0.15) is 20.3 Å². The molecule has 1 amide bonds. The maximum Gasteiger partial charge on any atom is 0.224 e. The van der Waals surface area contributed by atoms with Gasteiger partial charge in [0.1, 0.15) is 0 Å². The highest BCUT2D eigenvalue weighted by Crippen LogP contribution is 2.11. The van der Waals surface area contributed by atoms with Crippen LogP contribution in [0.4, 0.5) is 0 Å². The average molecular weight is 186 g/mol. The van der Waals surface area contributed by atoms with E-state index in [1.807, 2.05) is 18.7 Å². The van der Waals surface area contributed by atoms with Crippen molar-refractivity contribution in [3.63, 3.8) is 0 Å². The molecule has 0 aromatic heterocycles. The van der Waals surface area contributed by atoms with Gasteiger partial charge in [-0.3, -0.25) is 4.79 Å². The smallest absolute Gasteiger partial charge is 0.224 e. The zero-order valence-corrected chi connectivity index (χ0v) is 8.32. The quantitative estimate of drug-likeness (QED) is 0.659. The van der Waals surface area contributed by atoms with Crippen molar-refractivity contribution in [1.29, 1.82) is 0 Å². The van der Waals surface area contributed by atoms with Gasteiger partial charge in [-0.2, -0.15) is 0 Å². The molecule has 0 bridgehead atoms. The van der Waals surface area contributed by atoms with E-state index in [9.17, 15) is 4.79 Å². The molecule has 1 heterocycles. The second kappa shape index (κ2) is 4.58. The lowest BCUT2D eigenvalue weighted by molar-refractivity contribution is -0.142. The van der Waals surface area contributed by atoms with Crippen LogP contribution in [0, 0.1) is 0 Å². The molecule has 0 aromatic carbocycles. The molecule has 13 heavy (non-hydrogen) atoms. The Balaban J connectivity index is 2.45. The van der Waals surface area contributed by atoms with E-state index in [4.69, 9.17) is 10.5 Å². The Morgan fingerprint density at radius 3 is 2.46 bits per heavy atom. The minimum Gasteiger partial charge on any atom is -0.372 e. The number of rotatable bonds is 2. The van der Waals surface area contributed by atoms with E-state index in [1.54, 1.807) is 0 Å². The van der Waals surface area contributed by atoms with E-state index in [0.29, 0.717) is 26.1 Å². The summed E-state index contributed by atoms with van der Waals surface area (Å²) in [7, 11) is 0. The molecule has 0 spiro atoms. The van der Waals surface area contributed by atoms with Crippen LogP contribution >= 0.6 is 0 Å². The Bertz CT molecular complexity index is 174. The highest BCUT2D eigenvalue weighted by atomic mass is 16.5. The van der Waals surface area contributed by atoms with Crippen LogP contribution < -0.4 is 5.73 Å². The third-order valence-electron chi connectivity index (χ3n) is 2.13. The summed E-state index contributed by atoms with van der Waals surface area (Å²) in [5, 5.41) is 0. The summed E-state index contributed by atoms with van der Waals surface area (Å²) in [4.78, 5) is 13.3. The Hall–Kier alpha value is -0.610. The fourth-order valence-corrected chi connectivity index (χ4v) is 1.66. The Labute approximate surface area is 79.0 Å². The van der Waals surface area contributed by atoms with Crippen molar-refractivity contribution in [2.75, 3.05) is 19.6 Å². The van der Waals surface area contributed by atoms with Crippen LogP contribution in [-0.2, 0) is 9.53 Å². The number of nitrogens with zero attached hydrogens (tertiary/aromatic N) is 1. The van der Waals surface area contributed by atoms with Gasteiger partial charge in [0.25, 0.3) is 0 Å². The Kier molecular flexibility index (Phi) is 3.69. The van der Waals surface area contributed by atoms with E-state index in [0.717, 1.165) is 0 Å². The monoisotopic (exact) mass is 186 g/mol. The lowest BCUT2D eigenvalue weighted by atomic mass is 10.2. The molecule has 1 aliphatic heterocycles. The van der Waals surface area contributed by atoms with Crippen LogP contribution in [0.15, 0.2) is 0 Å². The number of nitrogens with two attached hydrogens (primary N) is 1. The predicted molar refractivity (Wildman–Crippen MR) is 50.3 cm³/mol. The molecule has 0 radical (unpaired) electrons. The second-order valence-electron chi connectivity index (χ2n) is 3.59. The lowest BCUT2D eigenvalue weighted by Gasteiger charge is -2.35. The van der Waals surface area contributed by atoms with Gasteiger partial charge in [-0.15, -0.1) is 0 Å². The van der Waals surface area contributed by atoms with Gasteiger partial charge in [-0.25, -0.2) is 0 Å². The first-order valence-electron chi connectivity index (χ1n) is 4.76. The molecule has 76 valence electrons. The first kappa shape index (κ1) is 10.5. The lowest BCUT2D eigenvalue weighted by Crippen LogP contribution is -2.48. The maximum atomic E-state index is 11.5. The van der Waals surface area contributed by atoms with Gasteiger partial charge in [-0.1, -0.05) is 0 Å². The van der Waals surface area contributed by atoms with Gasteiger partial charge in [0, 0.05) is 26.1 Å². The molecular weight excluding hydrogens is 168 g/mol. The Morgan fingerprint density at radius 1 is 1.46 bits per heavy atom. The van der Waals surface area contributed by atoms with E-state index < -0.39 is 0 Å². The first-order valence-corrected chi connectivity index (χ1v) is 4.76. The molecule has 0 saturated carbocycles. The molecule has 1 fully saturated rings. The van der Waals surface area contributed by atoms with E-state index in [1.165, 1.54) is 0 Å². The molecule has 2 atom stereocenters. The molecule has 0 unspecified atom stereocenters. The third kappa shape index (κ3) is 2.97. The van der Waals surface area contributed by atoms with Crippen LogP contribution in [0.5, 0.6) is 0 Å². The number of carbonyl (C=O) groups is 1. The molecule has 1 aliphatic rings. The van der Waals surface area contributed by atoms with Crippen molar-refractivity contribution in [1.82, 2.24) is 4.90 Å². The summed E-state index contributed by atoms with van der Waals surface area (Å²) >= 11 is 0. The summed E-state index contributed by atoms with van der Waals surface area (Å²) in [6, 6.07) is 0. The van der Waals surface area contributed by atoms with Gasteiger partial charge in [0.15, 0.2) is 0 Å². The van der Waals surface area contributed by atoms with Gasteiger partial charge >= 0.3 is 0 Å². The topological polar surface area (TPSA) is 55.6 Å². The molecule has 1 rings (SSSR count). The van der Waals surface area contributed by atoms with Crippen LogP contribution in [0.3, 0.4) is 0 Å². The van der Waals surface area contributed by atoms with Gasteiger partial charge in [-0.05, 0) is 13.8 Å². The number of hydrogen-bond donors (Lipinski definition) is 1. The molecule has 0 aliphatic carbocycles. The van der Waals surface area contributed by atoms with Crippen LogP contribution in [-0.4, -0.2) is 42.6 Å². The van der Waals surface area contributed by atoms with Crippen molar-refractivity contribution in [2.24, 2.45) is 5.73 Å². The van der Waals surface area contributed by atoms with Crippen molar-refractivity contribution >= 4 is 5.91 Å². The number of carbonyl (C=O) groups excluding carboxylic acids is 1. The standard InChI is InChI=1S/C9H18N2O2/c1-7-5-11(6-8(2)13-7)9(12)3-4-10/h7-8H,3-6,10H2,1-2H3/t7-,8-/m0/s1. The molecule has 2 N–H and O–H groups in total. The summed E-state index contributed by atoms with van der Waals surface area (Å²) in [6.45, 7) is 5.79. The molecule has 4 nitrogen and oxygen atoms in total. The van der Waals surface area contributed by atoms with Crippen LogP contribution in [0.2, 0.25) is 0 Å². The largest absolute Gasteiger partial charge is 0.372 e. The first-order chi connectivity index (χ1) is 6.13. The zero-order valence-electron chi connectivity index (χ0n) is 8.32. The van der Waals surface area contributed by atoms with Gasteiger partial charge in [0.2, 0.25) is 5.91 Å². The summed E-state index contributed by atoms with van der Waals surface area (Å²) in [5.74, 6) is 0.143. The number of ether oxygens (including phenoxy) is 1. The van der Waals surface area contributed by atoms with Crippen molar-refractivity contribution in [3.05, 3.63) is 0 Å². The normalized spacial score (nSPS) is 29.0. The van der Waals surface area contributed by atoms with Crippen molar-refractivity contribution in [3.8, 4) is 0 Å². The molecule has 4 heteroatoms. The Morgan fingerprint density at radius 2 is 2.00 bits per heavy atom. The minimum atomic E-state index is 0.143. The van der Waals surface area contributed by atoms with E-state index >= 15 is 0 Å². The molecule has 1 saturated heterocycles. The highest BCUT2D eigenvalue weighted by molar-refractivity contribution is 5.76. The summed E-state index contributed by atoms with van der Waals surface area (Å²) < 4.78 is 5.52. The number of hydrogen-bond acceptors (Lipinski definition) is 3. The van der Waals surface area contributed by atoms with Gasteiger partial charge < -0.3 is 15.4 Å². The van der Waals surface area contributed by atoms with Crippen molar-refractivity contribution in [2.45, 2.75) is 32.5 Å². The fourth-order valence-electron chi connectivity index (χ4n) is 1.66. The van der Waals surface area contributed by atoms with Gasteiger partial charge in [0.05, 0.1) is 12.2 Å². The third-order valence-corrected chi connectivity index (χ3v) is 2.13. The molecule has 0 aromatic rings. The van der Waals surface area contributed by atoms with E-state index in [2.05, 4.69) is 0 Å². The molecular formula is C9H18N2O2. The van der Waals surface area contributed by atoms with Crippen LogP contribution in [0.25, 0.3) is 0 Å². The van der Waals surface area contributed by atoms with E-state index in [-0.39, 0.29) is 18.1 Å². The highest BCUT2D eigenvalue weighted by Gasteiger charge is 2.24. The summed E-state index contributed by atoms with van der Waals surface area (Å²) in [5.41, 5.74) is 5.33. The second-order valence-corrected chi connectivity index (χ2v) is 3.59. The predicted octanol–water partition coefficient (Wildman–Crippen LogP) is -0.0290. The number of morpholine rings is 1. The number of amides is 1. The fraction of sp³-hybridized carbons (Fsp3) is 0.889. The SMILES string of the molecule is C[C@H]1CN(C(=O)CCN)C[C@H](C)O1. The maximum absolute atomic E-state index is 11.5. The minimum absolute atomic E-state index is 0.143. The van der Waals surface area contributed by atoms with Crippen molar-refractivity contribution < 1.29 is 9.53 Å². The summed E-state index contributed by atoms with van der Waals surface area (Å²) in [6.07, 6.45) is 0.732. The zero-order chi connectivity index (χ0) is 9.84.